The van der Waals surface area contributed by atoms with Gasteiger partial charge in [0.05, 0.1) is 10.9 Å². The van der Waals surface area contributed by atoms with Crippen molar-refractivity contribution >= 4 is 22.8 Å². The molecule has 0 unspecified atom stereocenters. The van der Waals surface area contributed by atoms with Crippen molar-refractivity contribution in [3.8, 4) is 0 Å². The Labute approximate surface area is 162 Å². The monoisotopic (exact) mass is 382 g/mol. The molecule has 0 aliphatic heterocycles. The van der Waals surface area contributed by atoms with Gasteiger partial charge in [0.15, 0.2) is 0 Å². The molecule has 2 N–H and O–H groups in total. The SMILES string of the molecule is Cc1cc(C)c(CNC(=O)c2c(C)oc3ncnc(NC4(C)CC4)c23)c(F)c1. The molecule has 0 atom stereocenters. The summed E-state index contributed by atoms with van der Waals surface area (Å²) in [6.45, 7) is 7.60. The van der Waals surface area contributed by atoms with Crippen molar-refractivity contribution in [2.75, 3.05) is 5.32 Å². The van der Waals surface area contributed by atoms with Gasteiger partial charge in [-0.3, -0.25) is 4.79 Å². The molecule has 1 saturated carbocycles. The first-order chi connectivity index (χ1) is 13.3. The topological polar surface area (TPSA) is 80.1 Å². The van der Waals surface area contributed by atoms with Gasteiger partial charge in [-0.1, -0.05) is 6.07 Å². The van der Waals surface area contributed by atoms with Crippen molar-refractivity contribution in [3.05, 3.63) is 52.3 Å². The van der Waals surface area contributed by atoms with Crippen LogP contribution in [0, 0.1) is 26.6 Å². The fourth-order valence-corrected chi connectivity index (χ4v) is 3.44. The van der Waals surface area contributed by atoms with E-state index in [0.29, 0.717) is 33.8 Å². The standard InChI is InChI=1S/C21H23FN4O2/c1-11-7-12(2)14(15(22)8-11)9-23-19(27)16-13(3)28-20-17(16)18(24-10-25-20)26-21(4)5-6-21/h7-8,10H,5-6,9H2,1-4H3,(H,23,27)(H,24,25,26). The molecule has 1 amide bonds. The van der Waals surface area contributed by atoms with Crippen LogP contribution in [0.5, 0.6) is 0 Å². The lowest BCUT2D eigenvalue weighted by atomic mass is 10.0. The molecule has 7 heteroatoms. The maximum absolute atomic E-state index is 14.3. The highest BCUT2D eigenvalue weighted by Crippen LogP contribution is 2.40. The number of rotatable bonds is 5. The number of amides is 1. The van der Waals surface area contributed by atoms with Crippen LogP contribution in [-0.4, -0.2) is 21.4 Å². The second kappa shape index (κ2) is 6.58. The van der Waals surface area contributed by atoms with Crippen molar-refractivity contribution in [1.82, 2.24) is 15.3 Å². The number of aromatic nitrogens is 2. The van der Waals surface area contributed by atoms with E-state index in [9.17, 15) is 9.18 Å². The summed E-state index contributed by atoms with van der Waals surface area (Å²) < 4.78 is 20.0. The van der Waals surface area contributed by atoms with E-state index in [2.05, 4.69) is 27.5 Å². The molecule has 1 aliphatic carbocycles. The van der Waals surface area contributed by atoms with Crippen LogP contribution < -0.4 is 10.6 Å². The third-order valence-electron chi connectivity index (χ3n) is 5.30. The van der Waals surface area contributed by atoms with Crippen LogP contribution >= 0.6 is 0 Å². The number of hydrogen-bond donors (Lipinski definition) is 2. The van der Waals surface area contributed by atoms with Gasteiger partial charge in [-0.05, 0) is 57.7 Å². The number of carbonyl (C=O) groups is 1. The van der Waals surface area contributed by atoms with Gasteiger partial charge in [0.1, 0.15) is 23.7 Å². The highest BCUT2D eigenvalue weighted by atomic mass is 19.1. The molecule has 2 aromatic heterocycles. The lowest BCUT2D eigenvalue weighted by Gasteiger charge is -2.13. The van der Waals surface area contributed by atoms with Crippen LogP contribution in [0.15, 0.2) is 22.9 Å². The number of halogens is 1. The van der Waals surface area contributed by atoms with Gasteiger partial charge in [0.2, 0.25) is 5.71 Å². The number of aryl methyl sites for hydroxylation is 3. The average molecular weight is 382 g/mol. The Morgan fingerprint density at radius 2 is 2.00 bits per heavy atom. The molecule has 28 heavy (non-hydrogen) atoms. The fourth-order valence-electron chi connectivity index (χ4n) is 3.44. The molecule has 2 heterocycles. The molecule has 146 valence electrons. The summed E-state index contributed by atoms with van der Waals surface area (Å²) in [5.74, 6) is 0.385. The van der Waals surface area contributed by atoms with Gasteiger partial charge in [-0.2, -0.15) is 0 Å². The molecule has 0 spiro atoms. The maximum atomic E-state index is 14.3. The van der Waals surface area contributed by atoms with Crippen LogP contribution in [0.25, 0.3) is 11.1 Å². The highest BCUT2D eigenvalue weighted by molar-refractivity contribution is 6.10. The van der Waals surface area contributed by atoms with Crippen LogP contribution in [-0.2, 0) is 6.54 Å². The molecule has 3 aromatic rings. The Balaban J connectivity index is 1.65. The Bertz CT molecular complexity index is 1060. The number of nitrogens with zero attached hydrogens (tertiary/aromatic N) is 2. The van der Waals surface area contributed by atoms with E-state index in [4.69, 9.17) is 4.42 Å². The molecule has 0 saturated heterocycles. The zero-order valence-electron chi connectivity index (χ0n) is 16.4. The summed E-state index contributed by atoms with van der Waals surface area (Å²) in [5, 5.41) is 6.77. The number of carbonyl (C=O) groups excluding carboxylic acids is 1. The van der Waals surface area contributed by atoms with E-state index < -0.39 is 0 Å². The number of nitrogens with one attached hydrogen (secondary N) is 2. The zero-order chi connectivity index (χ0) is 20.1. The molecule has 6 nitrogen and oxygen atoms in total. The molecular weight excluding hydrogens is 359 g/mol. The Morgan fingerprint density at radius 1 is 1.25 bits per heavy atom. The summed E-state index contributed by atoms with van der Waals surface area (Å²) in [6.07, 6.45) is 3.51. The van der Waals surface area contributed by atoms with Gasteiger partial charge in [-0.25, -0.2) is 14.4 Å². The van der Waals surface area contributed by atoms with Crippen LogP contribution in [0.4, 0.5) is 10.2 Å². The third-order valence-corrected chi connectivity index (χ3v) is 5.30. The minimum atomic E-state index is -0.338. The van der Waals surface area contributed by atoms with Crippen LogP contribution in [0.2, 0.25) is 0 Å². The van der Waals surface area contributed by atoms with E-state index in [1.165, 1.54) is 12.4 Å². The molecule has 1 aromatic carbocycles. The summed E-state index contributed by atoms with van der Waals surface area (Å²) in [4.78, 5) is 21.4. The predicted molar refractivity (Wildman–Crippen MR) is 105 cm³/mol. The van der Waals surface area contributed by atoms with E-state index >= 15 is 0 Å². The normalized spacial score (nSPS) is 14.9. The average Bonchev–Trinajstić information content (AvgIpc) is 3.22. The smallest absolute Gasteiger partial charge is 0.255 e. The molecule has 0 radical (unpaired) electrons. The van der Waals surface area contributed by atoms with E-state index in [1.807, 2.05) is 19.9 Å². The Hall–Kier alpha value is -2.96. The van der Waals surface area contributed by atoms with Gasteiger partial charge in [0, 0.05) is 17.6 Å². The van der Waals surface area contributed by atoms with Crippen molar-refractivity contribution in [1.29, 1.82) is 0 Å². The van der Waals surface area contributed by atoms with Crippen LogP contribution in [0.3, 0.4) is 0 Å². The summed E-state index contributed by atoms with van der Waals surface area (Å²) in [6, 6.07) is 3.37. The van der Waals surface area contributed by atoms with Crippen LogP contribution in [0.1, 0.15) is 52.6 Å². The van der Waals surface area contributed by atoms with Gasteiger partial charge >= 0.3 is 0 Å². The second-order valence-corrected chi connectivity index (χ2v) is 7.85. The minimum Gasteiger partial charge on any atom is -0.442 e. The quantitative estimate of drug-likeness (QED) is 0.692. The number of benzene rings is 1. The molecule has 1 aliphatic rings. The number of furan rings is 1. The van der Waals surface area contributed by atoms with Crippen molar-refractivity contribution in [2.24, 2.45) is 0 Å². The highest BCUT2D eigenvalue weighted by Gasteiger charge is 2.38. The largest absolute Gasteiger partial charge is 0.442 e. The van der Waals surface area contributed by atoms with Gasteiger partial charge in [0.25, 0.3) is 5.91 Å². The minimum absolute atomic E-state index is 0.0116. The third kappa shape index (κ3) is 3.32. The zero-order valence-corrected chi connectivity index (χ0v) is 16.4. The van der Waals surface area contributed by atoms with Crippen molar-refractivity contribution < 1.29 is 13.6 Å². The fraction of sp³-hybridized carbons (Fsp3) is 0.381. The number of fused-ring (bicyclic) bond motifs is 1. The maximum Gasteiger partial charge on any atom is 0.255 e. The van der Waals surface area contributed by atoms with Crippen molar-refractivity contribution in [3.63, 3.8) is 0 Å². The first-order valence-electron chi connectivity index (χ1n) is 9.33. The number of hydrogen-bond acceptors (Lipinski definition) is 5. The van der Waals surface area contributed by atoms with Gasteiger partial charge < -0.3 is 15.1 Å². The Morgan fingerprint density at radius 3 is 2.68 bits per heavy atom. The van der Waals surface area contributed by atoms with E-state index in [-0.39, 0.29) is 23.8 Å². The molecule has 0 bridgehead atoms. The lowest BCUT2D eigenvalue weighted by Crippen LogP contribution is -2.25. The first kappa shape index (κ1) is 18.4. The lowest BCUT2D eigenvalue weighted by molar-refractivity contribution is 0.0950. The second-order valence-electron chi connectivity index (χ2n) is 7.85. The Kier molecular flexibility index (Phi) is 4.33. The molecule has 4 rings (SSSR count). The van der Waals surface area contributed by atoms with E-state index in [1.54, 1.807) is 6.92 Å². The summed E-state index contributed by atoms with van der Waals surface area (Å²) >= 11 is 0. The molecule has 1 fully saturated rings. The summed E-state index contributed by atoms with van der Waals surface area (Å²) in [5.41, 5.74) is 2.86. The first-order valence-corrected chi connectivity index (χ1v) is 9.33. The van der Waals surface area contributed by atoms with Crippen molar-refractivity contribution in [2.45, 2.75) is 52.6 Å². The van der Waals surface area contributed by atoms with Gasteiger partial charge in [-0.15, -0.1) is 0 Å². The van der Waals surface area contributed by atoms with E-state index in [0.717, 1.165) is 24.0 Å². The summed E-state index contributed by atoms with van der Waals surface area (Å²) in [7, 11) is 0. The molecular formula is C21H23FN4O2. The number of anilines is 1. The predicted octanol–water partition coefficient (Wildman–Crippen LogP) is 4.18.